The summed E-state index contributed by atoms with van der Waals surface area (Å²) in [6.07, 6.45) is 0. The number of carbonyl (C=O) groups is 2. The lowest BCUT2D eigenvalue weighted by atomic mass is 10.2. The van der Waals surface area contributed by atoms with E-state index in [0.29, 0.717) is 0 Å². The van der Waals surface area contributed by atoms with Gasteiger partial charge in [-0.25, -0.2) is 5.48 Å². The molecule has 130 valence electrons. The van der Waals surface area contributed by atoms with Crippen molar-refractivity contribution < 1.29 is 19.3 Å². The molecule has 0 saturated carbocycles. The van der Waals surface area contributed by atoms with Crippen LogP contribution in [0.15, 0.2) is 54.6 Å². The van der Waals surface area contributed by atoms with Gasteiger partial charge in [-0.2, -0.15) is 0 Å². The van der Waals surface area contributed by atoms with E-state index in [4.69, 9.17) is 4.84 Å². The van der Waals surface area contributed by atoms with Gasteiger partial charge in [0.05, 0.1) is 11.5 Å². The van der Waals surface area contributed by atoms with Crippen LogP contribution in [0.4, 0.5) is 5.69 Å². The van der Waals surface area contributed by atoms with Crippen molar-refractivity contribution in [3.05, 3.63) is 75.8 Å². The van der Waals surface area contributed by atoms with Gasteiger partial charge < -0.3 is 5.32 Å². The Morgan fingerprint density at radius 3 is 2.56 bits per heavy atom. The smallest absolute Gasteiger partial charge is 0.270 e. The second-order valence-electron chi connectivity index (χ2n) is 5.24. The van der Waals surface area contributed by atoms with Crippen LogP contribution in [-0.4, -0.2) is 22.8 Å². The number of nitro benzene ring substituents is 1. The second kappa shape index (κ2) is 8.55. The Hall–Kier alpha value is -3.26. The first kappa shape index (κ1) is 18.1. The normalized spacial score (nSPS) is 11.4. The lowest BCUT2D eigenvalue weighted by Crippen LogP contribution is -2.44. The van der Waals surface area contributed by atoms with Gasteiger partial charge in [-0.05, 0) is 18.6 Å². The highest BCUT2D eigenvalue weighted by Crippen LogP contribution is 2.13. The van der Waals surface area contributed by atoms with E-state index in [2.05, 4.69) is 10.8 Å². The van der Waals surface area contributed by atoms with Crippen LogP contribution in [0.5, 0.6) is 0 Å². The summed E-state index contributed by atoms with van der Waals surface area (Å²) in [5, 5.41) is 13.2. The first-order valence-electron chi connectivity index (χ1n) is 7.48. The molecule has 2 aromatic rings. The number of nitrogens with zero attached hydrogens (tertiary/aromatic N) is 1. The minimum atomic E-state index is -0.873. The predicted molar refractivity (Wildman–Crippen MR) is 89.4 cm³/mol. The Balaban J connectivity index is 1.84. The standard InChI is InChI=1S/C17H17N3O5/c1-12(16(21)19-25-11-13-6-3-2-4-7-13)18-17(22)14-8-5-9-15(10-14)20(23)24/h2-10,12H,11H2,1H3,(H,18,22)(H,19,21). The maximum Gasteiger partial charge on any atom is 0.270 e. The van der Waals surface area contributed by atoms with E-state index in [1.165, 1.54) is 25.1 Å². The number of carbonyl (C=O) groups excluding carboxylic acids is 2. The summed E-state index contributed by atoms with van der Waals surface area (Å²) in [4.78, 5) is 39.2. The SMILES string of the molecule is CC(NC(=O)c1cccc([N+](=O)[O-])c1)C(=O)NOCc1ccccc1. The molecule has 2 aromatic carbocycles. The molecule has 0 aromatic heterocycles. The van der Waals surface area contributed by atoms with Crippen molar-refractivity contribution in [2.75, 3.05) is 0 Å². The number of hydrogen-bond acceptors (Lipinski definition) is 5. The van der Waals surface area contributed by atoms with Gasteiger partial charge in [0, 0.05) is 17.7 Å². The van der Waals surface area contributed by atoms with Crippen LogP contribution >= 0.6 is 0 Å². The summed E-state index contributed by atoms with van der Waals surface area (Å²) < 4.78 is 0. The van der Waals surface area contributed by atoms with Crippen LogP contribution in [0, 0.1) is 10.1 Å². The van der Waals surface area contributed by atoms with Crippen molar-refractivity contribution >= 4 is 17.5 Å². The molecule has 8 heteroatoms. The predicted octanol–water partition coefficient (Wildman–Crippen LogP) is 1.96. The molecular formula is C17H17N3O5. The van der Waals surface area contributed by atoms with E-state index < -0.39 is 22.8 Å². The number of non-ortho nitro benzene ring substituents is 1. The van der Waals surface area contributed by atoms with Crippen molar-refractivity contribution in [1.29, 1.82) is 0 Å². The molecule has 0 heterocycles. The quantitative estimate of drug-likeness (QED) is 0.590. The highest BCUT2D eigenvalue weighted by molar-refractivity contribution is 5.97. The fraction of sp³-hybridized carbons (Fsp3) is 0.176. The van der Waals surface area contributed by atoms with E-state index in [0.717, 1.165) is 11.6 Å². The van der Waals surface area contributed by atoms with Crippen LogP contribution in [0.3, 0.4) is 0 Å². The molecule has 2 N–H and O–H groups in total. The Labute approximate surface area is 143 Å². The largest absolute Gasteiger partial charge is 0.340 e. The van der Waals surface area contributed by atoms with Crippen molar-refractivity contribution in [3.8, 4) is 0 Å². The second-order valence-corrected chi connectivity index (χ2v) is 5.24. The minimum Gasteiger partial charge on any atom is -0.340 e. The molecule has 0 aliphatic carbocycles. The molecule has 0 fully saturated rings. The Bertz CT molecular complexity index is 764. The van der Waals surface area contributed by atoms with Crippen molar-refractivity contribution in [3.63, 3.8) is 0 Å². The third-order valence-electron chi connectivity index (χ3n) is 3.31. The summed E-state index contributed by atoms with van der Waals surface area (Å²) in [5.41, 5.74) is 3.04. The highest BCUT2D eigenvalue weighted by Gasteiger charge is 2.18. The van der Waals surface area contributed by atoms with E-state index in [1.54, 1.807) is 0 Å². The number of amides is 2. The summed E-state index contributed by atoms with van der Waals surface area (Å²) in [6.45, 7) is 1.68. The zero-order valence-electron chi connectivity index (χ0n) is 13.5. The number of nitro groups is 1. The van der Waals surface area contributed by atoms with Crippen LogP contribution in [-0.2, 0) is 16.2 Å². The van der Waals surface area contributed by atoms with Gasteiger partial charge in [-0.15, -0.1) is 0 Å². The number of hydroxylamine groups is 1. The molecule has 0 aliphatic heterocycles. The number of nitrogens with one attached hydrogen (secondary N) is 2. The molecule has 0 spiro atoms. The number of benzene rings is 2. The molecule has 0 bridgehead atoms. The van der Waals surface area contributed by atoms with Gasteiger partial charge in [0.2, 0.25) is 0 Å². The first-order valence-corrected chi connectivity index (χ1v) is 7.48. The van der Waals surface area contributed by atoms with E-state index in [-0.39, 0.29) is 17.9 Å². The lowest BCUT2D eigenvalue weighted by Gasteiger charge is -2.14. The van der Waals surface area contributed by atoms with Crippen LogP contribution < -0.4 is 10.8 Å². The monoisotopic (exact) mass is 343 g/mol. The van der Waals surface area contributed by atoms with Crippen LogP contribution in [0.2, 0.25) is 0 Å². The third kappa shape index (κ3) is 5.40. The van der Waals surface area contributed by atoms with Crippen molar-refractivity contribution in [2.24, 2.45) is 0 Å². The topological polar surface area (TPSA) is 111 Å². The molecule has 2 rings (SSSR count). The molecule has 0 radical (unpaired) electrons. The van der Waals surface area contributed by atoms with Gasteiger partial charge in [0.15, 0.2) is 0 Å². The zero-order valence-corrected chi connectivity index (χ0v) is 13.5. The Morgan fingerprint density at radius 2 is 1.88 bits per heavy atom. The van der Waals surface area contributed by atoms with Gasteiger partial charge in [-0.1, -0.05) is 36.4 Å². The molecule has 25 heavy (non-hydrogen) atoms. The molecular weight excluding hydrogens is 326 g/mol. The lowest BCUT2D eigenvalue weighted by molar-refractivity contribution is -0.384. The van der Waals surface area contributed by atoms with Gasteiger partial charge in [0.1, 0.15) is 6.04 Å². The molecule has 0 saturated heterocycles. The molecule has 8 nitrogen and oxygen atoms in total. The molecule has 2 amide bonds. The van der Waals surface area contributed by atoms with E-state index in [9.17, 15) is 19.7 Å². The zero-order chi connectivity index (χ0) is 18.2. The summed E-state index contributed by atoms with van der Waals surface area (Å²) >= 11 is 0. The molecule has 1 atom stereocenters. The van der Waals surface area contributed by atoms with E-state index in [1.807, 2.05) is 30.3 Å². The van der Waals surface area contributed by atoms with Gasteiger partial charge in [0.25, 0.3) is 17.5 Å². The van der Waals surface area contributed by atoms with E-state index >= 15 is 0 Å². The first-order chi connectivity index (χ1) is 12.0. The average molecular weight is 343 g/mol. The maximum atomic E-state index is 12.1. The summed E-state index contributed by atoms with van der Waals surface area (Å²) in [6, 6.07) is 13.6. The average Bonchev–Trinajstić information content (AvgIpc) is 2.62. The minimum absolute atomic E-state index is 0.0963. The summed E-state index contributed by atoms with van der Waals surface area (Å²) in [5.74, 6) is -1.12. The highest BCUT2D eigenvalue weighted by atomic mass is 16.7. The Kier molecular flexibility index (Phi) is 6.19. The third-order valence-corrected chi connectivity index (χ3v) is 3.31. The van der Waals surface area contributed by atoms with Gasteiger partial charge in [-0.3, -0.25) is 24.5 Å². The number of rotatable bonds is 7. The van der Waals surface area contributed by atoms with Gasteiger partial charge >= 0.3 is 0 Å². The van der Waals surface area contributed by atoms with Crippen molar-refractivity contribution in [1.82, 2.24) is 10.8 Å². The Morgan fingerprint density at radius 1 is 1.16 bits per heavy atom. The van der Waals surface area contributed by atoms with Crippen LogP contribution in [0.25, 0.3) is 0 Å². The van der Waals surface area contributed by atoms with Crippen LogP contribution in [0.1, 0.15) is 22.8 Å². The molecule has 0 aliphatic rings. The van der Waals surface area contributed by atoms with Crippen molar-refractivity contribution in [2.45, 2.75) is 19.6 Å². The summed E-state index contributed by atoms with van der Waals surface area (Å²) in [7, 11) is 0. The fourth-order valence-corrected chi connectivity index (χ4v) is 1.96. The number of hydrogen-bond donors (Lipinski definition) is 2. The fourth-order valence-electron chi connectivity index (χ4n) is 1.96. The molecule has 1 unspecified atom stereocenters. The maximum absolute atomic E-state index is 12.1.